The van der Waals surface area contributed by atoms with Crippen molar-refractivity contribution < 1.29 is 0 Å². The van der Waals surface area contributed by atoms with E-state index in [1.165, 1.54) is 12.3 Å². The van der Waals surface area contributed by atoms with E-state index in [1.54, 1.807) is 0 Å². The zero-order chi connectivity index (χ0) is 7.49. The molecule has 0 fully saturated rings. The summed E-state index contributed by atoms with van der Waals surface area (Å²) in [7, 11) is 0.204. The van der Waals surface area contributed by atoms with Crippen LogP contribution in [0.25, 0.3) is 0 Å². The molecule has 9 heavy (non-hydrogen) atoms. The first-order valence-corrected chi connectivity index (χ1v) is 9.44. The average Bonchev–Trinajstić information content (AvgIpc) is 1.86. The predicted octanol–water partition coefficient (Wildman–Crippen LogP) is 3.16. The van der Waals surface area contributed by atoms with Crippen LogP contribution in [0.3, 0.4) is 0 Å². The smallest absolute Gasteiger partial charge is 0.0230 e. The standard InChI is InChI=1S/C6H16P2S/c1-5-7(3)8(4,9)6-2/h5-6H2,1-4H3. The number of hydrogen-bond acceptors (Lipinski definition) is 1. The summed E-state index contributed by atoms with van der Waals surface area (Å²) in [5.41, 5.74) is -0.866. The summed E-state index contributed by atoms with van der Waals surface area (Å²) in [5, 5.41) is 0. The molecule has 0 bridgehead atoms. The Balaban J connectivity index is 3.98. The fourth-order valence-electron chi connectivity index (χ4n) is 0.541. The third-order valence-electron chi connectivity index (χ3n) is 1.77. The summed E-state index contributed by atoms with van der Waals surface area (Å²) in [6, 6.07) is 0. The van der Waals surface area contributed by atoms with Gasteiger partial charge in [0.05, 0.1) is 0 Å². The highest BCUT2D eigenvalue weighted by Gasteiger charge is 2.13. The van der Waals surface area contributed by atoms with Crippen LogP contribution in [0.15, 0.2) is 0 Å². The topological polar surface area (TPSA) is 0 Å². The van der Waals surface area contributed by atoms with Gasteiger partial charge in [-0.2, -0.15) is 0 Å². The monoisotopic (exact) mass is 182 g/mol. The molecule has 0 rings (SSSR count). The van der Waals surface area contributed by atoms with Gasteiger partial charge in [-0.05, 0) is 31.4 Å². The van der Waals surface area contributed by atoms with Gasteiger partial charge in [-0.15, -0.1) is 0 Å². The van der Waals surface area contributed by atoms with Crippen molar-refractivity contribution in [1.82, 2.24) is 0 Å². The molecular formula is C6H16P2S. The first-order valence-electron chi connectivity index (χ1n) is 3.32. The second-order valence-electron chi connectivity index (χ2n) is 2.34. The van der Waals surface area contributed by atoms with E-state index in [9.17, 15) is 0 Å². The Hall–Kier alpha value is 1.08. The van der Waals surface area contributed by atoms with Crippen molar-refractivity contribution in [3.8, 4) is 0 Å². The normalized spacial score (nSPS) is 20.9. The van der Waals surface area contributed by atoms with Gasteiger partial charge in [0.1, 0.15) is 0 Å². The molecule has 0 nitrogen and oxygen atoms in total. The van der Waals surface area contributed by atoms with Crippen LogP contribution < -0.4 is 0 Å². The van der Waals surface area contributed by atoms with Gasteiger partial charge in [0.15, 0.2) is 0 Å². The van der Waals surface area contributed by atoms with Crippen molar-refractivity contribution in [2.45, 2.75) is 13.8 Å². The SMILES string of the molecule is CCP(C)P(C)(=S)CC. The Kier molecular flexibility index (Phi) is 4.55. The van der Waals surface area contributed by atoms with E-state index in [4.69, 9.17) is 11.8 Å². The van der Waals surface area contributed by atoms with Gasteiger partial charge in [0, 0.05) is 0 Å². The molecule has 0 radical (unpaired) electrons. The molecule has 0 aromatic rings. The van der Waals surface area contributed by atoms with Crippen molar-refractivity contribution in [3.05, 3.63) is 0 Å². The van der Waals surface area contributed by atoms with Crippen molar-refractivity contribution in [1.29, 1.82) is 0 Å². The molecule has 0 saturated heterocycles. The van der Waals surface area contributed by atoms with E-state index in [0.717, 1.165) is 0 Å². The third kappa shape index (κ3) is 3.12. The molecule has 0 aromatic heterocycles. The van der Waals surface area contributed by atoms with Gasteiger partial charge in [0.25, 0.3) is 0 Å². The molecule has 0 amide bonds. The summed E-state index contributed by atoms with van der Waals surface area (Å²) < 4.78 is 0. The van der Waals surface area contributed by atoms with E-state index in [1.807, 2.05) is 0 Å². The lowest BCUT2D eigenvalue weighted by Gasteiger charge is -2.21. The van der Waals surface area contributed by atoms with Crippen molar-refractivity contribution in [3.63, 3.8) is 0 Å². The van der Waals surface area contributed by atoms with Gasteiger partial charge < -0.3 is 0 Å². The van der Waals surface area contributed by atoms with Crippen LogP contribution in [0.4, 0.5) is 0 Å². The molecule has 0 aromatic carbocycles. The highest BCUT2D eigenvalue weighted by molar-refractivity contribution is 8.52. The van der Waals surface area contributed by atoms with Gasteiger partial charge in [-0.3, -0.25) is 0 Å². The molecule has 56 valence electrons. The fourth-order valence-corrected chi connectivity index (χ4v) is 5.90. The maximum atomic E-state index is 5.51. The molecule has 3 heteroatoms. The van der Waals surface area contributed by atoms with E-state index in [2.05, 4.69) is 27.2 Å². The minimum absolute atomic E-state index is 0.204. The van der Waals surface area contributed by atoms with Crippen LogP contribution in [0.2, 0.25) is 0 Å². The molecule has 0 aliphatic carbocycles. The van der Waals surface area contributed by atoms with Gasteiger partial charge in [-0.1, -0.05) is 33.3 Å². The van der Waals surface area contributed by atoms with Gasteiger partial charge >= 0.3 is 0 Å². The van der Waals surface area contributed by atoms with E-state index < -0.39 is 5.73 Å². The van der Waals surface area contributed by atoms with Crippen LogP contribution in [0.1, 0.15) is 13.8 Å². The van der Waals surface area contributed by atoms with Gasteiger partial charge in [-0.25, -0.2) is 0 Å². The average molecular weight is 182 g/mol. The van der Waals surface area contributed by atoms with Crippen LogP contribution in [0.5, 0.6) is 0 Å². The highest BCUT2D eigenvalue weighted by Crippen LogP contribution is 2.70. The first kappa shape index (κ1) is 10.1. The molecule has 2 unspecified atom stereocenters. The Labute approximate surface area is 65.1 Å². The quantitative estimate of drug-likeness (QED) is 0.604. The minimum atomic E-state index is -0.866. The highest BCUT2D eigenvalue weighted by atomic mass is 32.6. The number of hydrogen-bond donors (Lipinski definition) is 0. The van der Waals surface area contributed by atoms with Crippen LogP contribution in [-0.2, 0) is 11.8 Å². The maximum absolute atomic E-state index is 5.51. The molecule has 0 saturated carbocycles. The largest absolute Gasteiger partial charge is 0.0930 e. The Bertz CT molecular complexity index is 122. The van der Waals surface area contributed by atoms with Gasteiger partial charge in [0.2, 0.25) is 0 Å². The van der Waals surface area contributed by atoms with E-state index >= 15 is 0 Å². The molecular weight excluding hydrogens is 166 g/mol. The summed E-state index contributed by atoms with van der Waals surface area (Å²) in [6.07, 6.45) is 2.56. The second kappa shape index (κ2) is 4.06. The fraction of sp³-hybridized carbons (Fsp3) is 1.00. The second-order valence-corrected chi connectivity index (χ2v) is 14.9. The molecule has 0 heterocycles. The zero-order valence-corrected chi connectivity index (χ0v) is 9.32. The molecule has 0 aliphatic heterocycles. The minimum Gasteiger partial charge on any atom is -0.0930 e. The lowest BCUT2D eigenvalue weighted by Crippen LogP contribution is -1.81. The first-order chi connectivity index (χ1) is 4.04. The van der Waals surface area contributed by atoms with E-state index in [-0.39, 0.29) is 7.61 Å². The van der Waals surface area contributed by atoms with Crippen LogP contribution in [-0.4, -0.2) is 25.7 Å². The number of rotatable bonds is 3. The maximum Gasteiger partial charge on any atom is -0.0230 e. The van der Waals surface area contributed by atoms with E-state index in [0.29, 0.717) is 0 Å². The summed E-state index contributed by atoms with van der Waals surface area (Å²) >= 11 is 5.51. The molecule has 0 N–H and O–H groups in total. The lowest BCUT2D eigenvalue weighted by molar-refractivity contribution is 1.49. The summed E-state index contributed by atoms with van der Waals surface area (Å²) in [6.45, 7) is 9.14. The van der Waals surface area contributed by atoms with Crippen LogP contribution in [0, 0.1) is 0 Å². The third-order valence-corrected chi connectivity index (χ3v) is 14.6. The molecule has 0 aliphatic rings. The Morgan fingerprint density at radius 1 is 1.44 bits per heavy atom. The lowest BCUT2D eigenvalue weighted by atomic mass is 11.0. The van der Waals surface area contributed by atoms with Crippen molar-refractivity contribution >= 4 is 25.1 Å². The molecule has 2 atom stereocenters. The summed E-state index contributed by atoms with van der Waals surface area (Å²) in [4.78, 5) is 0. The predicted molar refractivity (Wildman–Crippen MR) is 54.1 cm³/mol. The van der Waals surface area contributed by atoms with Crippen LogP contribution >= 0.6 is 13.3 Å². The van der Waals surface area contributed by atoms with Crippen molar-refractivity contribution in [2.24, 2.45) is 0 Å². The Morgan fingerprint density at radius 2 is 1.89 bits per heavy atom. The van der Waals surface area contributed by atoms with Crippen molar-refractivity contribution in [2.75, 3.05) is 25.7 Å². The summed E-state index contributed by atoms with van der Waals surface area (Å²) in [5.74, 6) is 0. The Morgan fingerprint density at radius 3 is 2.00 bits per heavy atom. The zero-order valence-electron chi connectivity index (χ0n) is 6.72. The molecule has 0 spiro atoms.